The Morgan fingerprint density at radius 3 is 2.50 bits per heavy atom. The lowest BCUT2D eigenvalue weighted by atomic mass is 9.92. The minimum atomic E-state index is -0.335. The van der Waals surface area contributed by atoms with Gasteiger partial charge < -0.3 is 14.8 Å². The largest absolute Gasteiger partial charge is 0.454 e. The summed E-state index contributed by atoms with van der Waals surface area (Å²) in [7, 11) is 0. The molecule has 1 aliphatic heterocycles. The summed E-state index contributed by atoms with van der Waals surface area (Å²) in [6.45, 7) is 6.25. The molecule has 0 saturated carbocycles. The maximum atomic E-state index is 13.3. The number of nitrogens with one attached hydrogen (secondary N) is 1. The van der Waals surface area contributed by atoms with Gasteiger partial charge in [-0.1, -0.05) is 20.8 Å². The fourth-order valence-corrected chi connectivity index (χ4v) is 2.84. The van der Waals surface area contributed by atoms with Gasteiger partial charge in [-0.3, -0.25) is 4.79 Å². The number of aromatic nitrogens is 2. The molecule has 0 saturated heterocycles. The van der Waals surface area contributed by atoms with Crippen molar-refractivity contribution >= 4 is 11.7 Å². The van der Waals surface area contributed by atoms with E-state index in [-0.39, 0.29) is 23.9 Å². The van der Waals surface area contributed by atoms with Crippen LogP contribution in [0.4, 0.5) is 10.2 Å². The van der Waals surface area contributed by atoms with E-state index in [1.54, 1.807) is 35.0 Å². The number of nitrogens with zero attached hydrogens (tertiary/aromatic N) is 2. The summed E-state index contributed by atoms with van der Waals surface area (Å²) < 4.78 is 25.5. The third-order valence-electron chi connectivity index (χ3n) is 4.43. The van der Waals surface area contributed by atoms with Crippen molar-refractivity contribution in [1.29, 1.82) is 0 Å². The van der Waals surface area contributed by atoms with Crippen molar-refractivity contribution in [3.63, 3.8) is 0 Å². The van der Waals surface area contributed by atoms with Crippen molar-refractivity contribution < 1.29 is 18.7 Å². The number of hydrogen-bond acceptors (Lipinski definition) is 4. The average Bonchev–Trinajstić information content (AvgIpc) is 3.28. The van der Waals surface area contributed by atoms with Gasteiger partial charge in [0.15, 0.2) is 11.5 Å². The van der Waals surface area contributed by atoms with E-state index in [0.717, 1.165) is 5.69 Å². The second kappa shape index (κ2) is 6.67. The Labute approximate surface area is 161 Å². The van der Waals surface area contributed by atoms with Crippen LogP contribution in [0.1, 0.15) is 36.8 Å². The van der Waals surface area contributed by atoms with E-state index in [1.807, 2.05) is 26.8 Å². The number of fused-ring (bicyclic) bond motifs is 1. The van der Waals surface area contributed by atoms with Crippen LogP contribution >= 0.6 is 0 Å². The van der Waals surface area contributed by atoms with Crippen LogP contribution in [-0.4, -0.2) is 22.5 Å². The van der Waals surface area contributed by atoms with Crippen LogP contribution in [0, 0.1) is 5.82 Å². The van der Waals surface area contributed by atoms with Crippen LogP contribution in [0.5, 0.6) is 11.5 Å². The molecule has 4 rings (SSSR count). The van der Waals surface area contributed by atoms with Gasteiger partial charge in [0, 0.05) is 17.0 Å². The topological polar surface area (TPSA) is 65.4 Å². The summed E-state index contributed by atoms with van der Waals surface area (Å²) in [6, 6.07) is 12.8. The zero-order valence-electron chi connectivity index (χ0n) is 15.8. The molecule has 28 heavy (non-hydrogen) atoms. The lowest BCUT2D eigenvalue weighted by Gasteiger charge is -2.14. The Balaban J connectivity index is 1.69. The van der Waals surface area contributed by atoms with Gasteiger partial charge >= 0.3 is 0 Å². The number of benzene rings is 2. The van der Waals surface area contributed by atoms with Gasteiger partial charge in [-0.2, -0.15) is 5.10 Å². The molecular weight excluding hydrogens is 361 g/mol. The molecule has 0 unspecified atom stereocenters. The Kier molecular flexibility index (Phi) is 4.30. The average molecular weight is 381 g/mol. The maximum Gasteiger partial charge on any atom is 0.256 e. The standard InChI is InChI=1S/C21H20FN3O3/c1-21(2,3)18-11-19(25(24-18)15-7-5-14(22)6-8-15)23-20(26)13-4-9-16-17(10-13)28-12-27-16/h4-11H,12H2,1-3H3,(H,23,26). The number of amides is 1. The molecule has 0 atom stereocenters. The third kappa shape index (κ3) is 3.43. The minimum Gasteiger partial charge on any atom is -0.454 e. The summed E-state index contributed by atoms with van der Waals surface area (Å²) >= 11 is 0. The first-order valence-corrected chi connectivity index (χ1v) is 8.89. The number of rotatable bonds is 3. The van der Waals surface area contributed by atoms with E-state index < -0.39 is 0 Å². The fourth-order valence-electron chi connectivity index (χ4n) is 2.84. The molecule has 1 amide bonds. The van der Waals surface area contributed by atoms with E-state index in [0.29, 0.717) is 28.6 Å². The first-order valence-electron chi connectivity index (χ1n) is 8.89. The van der Waals surface area contributed by atoms with Crippen molar-refractivity contribution in [1.82, 2.24) is 9.78 Å². The summed E-state index contributed by atoms with van der Waals surface area (Å²) in [5.41, 5.74) is 1.67. The molecule has 144 valence electrons. The lowest BCUT2D eigenvalue weighted by molar-refractivity contribution is 0.102. The monoisotopic (exact) mass is 381 g/mol. The molecule has 0 radical (unpaired) electrons. The predicted octanol–water partition coefficient (Wildman–Crippen LogP) is 4.29. The fraction of sp³-hybridized carbons (Fsp3) is 0.238. The first-order chi connectivity index (χ1) is 13.3. The van der Waals surface area contributed by atoms with E-state index in [1.165, 1.54) is 12.1 Å². The smallest absolute Gasteiger partial charge is 0.256 e. The van der Waals surface area contributed by atoms with Crippen LogP contribution in [0.15, 0.2) is 48.5 Å². The highest BCUT2D eigenvalue weighted by molar-refractivity contribution is 6.04. The van der Waals surface area contributed by atoms with Crippen molar-refractivity contribution in [3.8, 4) is 17.2 Å². The summed E-state index contributed by atoms with van der Waals surface area (Å²) in [4.78, 5) is 12.8. The van der Waals surface area contributed by atoms with Gasteiger partial charge in [0.05, 0.1) is 11.4 Å². The molecule has 0 fully saturated rings. The van der Waals surface area contributed by atoms with Crippen LogP contribution in [-0.2, 0) is 5.41 Å². The van der Waals surface area contributed by atoms with Crippen molar-refractivity contribution in [3.05, 3.63) is 65.6 Å². The molecule has 1 aromatic heterocycles. The predicted molar refractivity (Wildman–Crippen MR) is 103 cm³/mol. The van der Waals surface area contributed by atoms with E-state index >= 15 is 0 Å². The molecular formula is C21H20FN3O3. The third-order valence-corrected chi connectivity index (χ3v) is 4.43. The van der Waals surface area contributed by atoms with E-state index in [9.17, 15) is 9.18 Å². The second-order valence-corrected chi connectivity index (χ2v) is 7.58. The highest BCUT2D eigenvalue weighted by Gasteiger charge is 2.22. The van der Waals surface area contributed by atoms with Gasteiger partial charge in [0.2, 0.25) is 6.79 Å². The molecule has 2 heterocycles. The molecule has 7 heteroatoms. The molecule has 0 bridgehead atoms. The number of anilines is 1. The summed E-state index contributed by atoms with van der Waals surface area (Å²) in [6.07, 6.45) is 0. The van der Waals surface area contributed by atoms with Gasteiger partial charge in [-0.05, 0) is 42.5 Å². The zero-order valence-corrected chi connectivity index (χ0v) is 15.8. The molecule has 6 nitrogen and oxygen atoms in total. The van der Waals surface area contributed by atoms with Crippen molar-refractivity contribution in [2.75, 3.05) is 12.1 Å². The molecule has 0 aliphatic carbocycles. The SMILES string of the molecule is CC(C)(C)c1cc(NC(=O)c2ccc3c(c2)OCO3)n(-c2ccc(F)cc2)n1. The Morgan fingerprint density at radius 2 is 1.79 bits per heavy atom. The quantitative estimate of drug-likeness (QED) is 0.735. The number of hydrogen-bond donors (Lipinski definition) is 1. The van der Waals surface area contributed by atoms with Crippen LogP contribution in [0.2, 0.25) is 0 Å². The van der Waals surface area contributed by atoms with Gasteiger partial charge in [0.25, 0.3) is 5.91 Å². The Morgan fingerprint density at radius 1 is 1.07 bits per heavy atom. The zero-order chi connectivity index (χ0) is 19.9. The molecule has 1 N–H and O–H groups in total. The Bertz CT molecular complexity index is 1040. The van der Waals surface area contributed by atoms with Gasteiger partial charge in [-0.25, -0.2) is 9.07 Å². The van der Waals surface area contributed by atoms with Gasteiger partial charge in [-0.15, -0.1) is 0 Å². The van der Waals surface area contributed by atoms with Gasteiger partial charge in [0.1, 0.15) is 11.6 Å². The van der Waals surface area contributed by atoms with Crippen molar-refractivity contribution in [2.45, 2.75) is 26.2 Å². The van der Waals surface area contributed by atoms with Crippen molar-refractivity contribution in [2.24, 2.45) is 0 Å². The number of carbonyl (C=O) groups is 1. The summed E-state index contributed by atoms with van der Waals surface area (Å²) in [5, 5.41) is 7.52. The number of carbonyl (C=O) groups excluding carboxylic acids is 1. The van der Waals surface area contributed by atoms with E-state index in [4.69, 9.17) is 9.47 Å². The molecule has 2 aromatic carbocycles. The molecule has 1 aliphatic rings. The Hall–Kier alpha value is -3.35. The van der Waals surface area contributed by atoms with Crippen LogP contribution in [0.25, 0.3) is 5.69 Å². The minimum absolute atomic E-state index is 0.146. The summed E-state index contributed by atoms with van der Waals surface area (Å²) in [5.74, 6) is 1.01. The molecule has 3 aromatic rings. The maximum absolute atomic E-state index is 13.3. The highest BCUT2D eigenvalue weighted by atomic mass is 19.1. The lowest BCUT2D eigenvalue weighted by Crippen LogP contribution is -2.15. The normalized spacial score (nSPS) is 12.9. The van der Waals surface area contributed by atoms with Crippen LogP contribution in [0.3, 0.4) is 0 Å². The second-order valence-electron chi connectivity index (χ2n) is 7.58. The number of ether oxygens (including phenoxy) is 2. The van der Waals surface area contributed by atoms with E-state index in [2.05, 4.69) is 10.4 Å². The first kappa shape index (κ1) is 18.0. The molecule has 0 spiro atoms. The number of halogens is 1. The van der Waals surface area contributed by atoms with Crippen LogP contribution < -0.4 is 14.8 Å². The highest BCUT2D eigenvalue weighted by Crippen LogP contribution is 2.33.